The summed E-state index contributed by atoms with van der Waals surface area (Å²) in [5.41, 5.74) is -1.44. The first kappa shape index (κ1) is 26.3. The molecule has 1 saturated carbocycles. The van der Waals surface area contributed by atoms with Crippen molar-refractivity contribution in [3.8, 4) is 0 Å². The zero-order valence-electron chi connectivity index (χ0n) is 21.2. The standard InChI is InChI=1S/C22H26N6O8S2/c1-11-23-15(25-38-11)14(24-36-21(5-6-21)18(31)34-3)13(29)9-12-16(30)27-10-22(19(32)35-4,37-17(12)27)28-8-7-26(2)20(28)33/h12,17H,5-10H2,1-4H3/b24-14+/t12-,17-,22-/m1/s1. The number of thioether (sulfide) groups is 1. The Hall–Kier alpha value is -3.27. The quantitative estimate of drug-likeness (QED) is 0.171. The van der Waals surface area contributed by atoms with Crippen molar-refractivity contribution < 1.29 is 38.3 Å². The van der Waals surface area contributed by atoms with Crippen LogP contribution >= 0.6 is 23.3 Å². The molecule has 0 N–H and O–H groups in total. The molecule has 4 heterocycles. The van der Waals surface area contributed by atoms with Crippen molar-refractivity contribution in [2.45, 2.75) is 42.0 Å². The first-order chi connectivity index (χ1) is 18.1. The minimum Gasteiger partial charge on any atom is -0.467 e. The number of esters is 2. The van der Waals surface area contributed by atoms with E-state index in [4.69, 9.17) is 14.3 Å². The van der Waals surface area contributed by atoms with E-state index in [9.17, 15) is 24.0 Å². The van der Waals surface area contributed by atoms with Crippen LogP contribution in [0.15, 0.2) is 5.16 Å². The van der Waals surface area contributed by atoms with Gasteiger partial charge in [-0.2, -0.15) is 4.37 Å². The van der Waals surface area contributed by atoms with Crippen LogP contribution in [0.4, 0.5) is 4.79 Å². The lowest BCUT2D eigenvalue weighted by atomic mass is 9.90. The fourth-order valence-corrected chi connectivity index (χ4v) is 7.00. The Morgan fingerprint density at radius 1 is 1.13 bits per heavy atom. The van der Waals surface area contributed by atoms with E-state index in [2.05, 4.69) is 14.5 Å². The van der Waals surface area contributed by atoms with Gasteiger partial charge in [0, 0.05) is 39.4 Å². The number of amides is 3. The summed E-state index contributed by atoms with van der Waals surface area (Å²) < 4.78 is 14.0. The molecule has 0 bridgehead atoms. The molecule has 3 saturated heterocycles. The van der Waals surface area contributed by atoms with Crippen molar-refractivity contribution in [3.05, 3.63) is 10.8 Å². The summed E-state index contributed by atoms with van der Waals surface area (Å²) in [6, 6.07) is -0.332. The molecule has 14 nitrogen and oxygen atoms in total. The van der Waals surface area contributed by atoms with Gasteiger partial charge >= 0.3 is 18.0 Å². The molecule has 3 atom stereocenters. The highest BCUT2D eigenvalue weighted by molar-refractivity contribution is 8.02. The lowest BCUT2D eigenvalue weighted by Crippen LogP contribution is -2.59. The van der Waals surface area contributed by atoms with Crippen LogP contribution in [0.25, 0.3) is 0 Å². The van der Waals surface area contributed by atoms with Gasteiger partial charge in [-0.15, -0.1) is 0 Å². The van der Waals surface area contributed by atoms with Crippen molar-refractivity contribution >= 4 is 58.7 Å². The summed E-state index contributed by atoms with van der Waals surface area (Å²) in [7, 11) is 4.11. The molecule has 16 heteroatoms. The van der Waals surface area contributed by atoms with Gasteiger partial charge in [-0.25, -0.2) is 19.4 Å². The first-order valence-electron chi connectivity index (χ1n) is 11.8. The Balaban J connectivity index is 1.36. The average molecular weight is 567 g/mol. The molecular formula is C22H26N6O8S2. The number of rotatable bonds is 9. The molecule has 3 aliphatic heterocycles. The Labute approximate surface area is 225 Å². The van der Waals surface area contributed by atoms with E-state index in [1.54, 1.807) is 14.0 Å². The molecular weight excluding hydrogens is 540 g/mol. The monoisotopic (exact) mass is 566 g/mol. The molecule has 3 amide bonds. The Bertz CT molecular complexity index is 1250. The lowest BCUT2D eigenvalue weighted by molar-refractivity contribution is -0.157. The molecule has 38 heavy (non-hydrogen) atoms. The molecule has 4 aliphatic rings. The van der Waals surface area contributed by atoms with E-state index in [1.165, 1.54) is 28.9 Å². The third-order valence-electron chi connectivity index (χ3n) is 7.09. The third kappa shape index (κ3) is 4.09. The number of ether oxygens (including phenoxy) is 2. The van der Waals surface area contributed by atoms with Crippen molar-refractivity contribution in [2.75, 3.05) is 40.9 Å². The summed E-state index contributed by atoms with van der Waals surface area (Å²) >= 11 is 2.21. The Morgan fingerprint density at radius 2 is 1.84 bits per heavy atom. The molecule has 1 aromatic heterocycles. The number of urea groups is 1. The van der Waals surface area contributed by atoms with E-state index >= 15 is 0 Å². The van der Waals surface area contributed by atoms with Gasteiger partial charge in [0.05, 0.1) is 32.1 Å². The van der Waals surface area contributed by atoms with Gasteiger partial charge in [-0.1, -0.05) is 16.9 Å². The average Bonchev–Trinajstić information content (AvgIpc) is 3.26. The van der Waals surface area contributed by atoms with Gasteiger partial charge < -0.3 is 24.1 Å². The molecule has 5 rings (SSSR count). The number of aryl methyl sites for hydroxylation is 1. The number of methoxy groups -OCH3 is 2. The van der Waals surface area contributed by atoms with Crippen molar-refractivity contribution in [3.63, 3.8) is 0 Å². The number of hydrogen-bond acceptors (Lipinski definition) is 13. The zero-order chi connectivity index (χ0) is 27.4. The van der Waals surface area contributed by atoms with E-state index in [1.807, 2.05) is 0 Å². The van der Waals surface area contributed by atoms with Crippen LogP contribution in [0.3, 0.4) is 0 Å². The Kier molecular flexibility index (Phi) is 6.57. The molecule has 0 spiro atoms. The van der Waals surface area contributed by atoms with Crippen molar-refractivity contribution in [1.82, 2.24) is 24.1 Å². The van der Waals surface area contributed by atoms with E-state index in [0.29, 0.717) is 30.9 Å². The summed E-state index contributed by atoms with van der Waals surface area (Å²) in [6.07, 6.45) is 0.537. The molecule has 1 aliphatic carbocycles. The third-order valence-corrected chi connectivity index (χ3v) is 9.44. The van der Waals surface area contributed by atoms with Crippen LogP contribution < -0.4 is 0 Å². The topological polar surface area (TPSA) is 161 Å². The number of oxime groups is 1. The number of nitrogens with zero attached hydrogens (tertiary/aromatic N) is 6. The number of likely N-dealkylation sites (N-methyl/N-ethyl adjacent to an activating group) is 1. The molecule has 0 aromatic carbocycles. The lowest BCUT2D eigenvalue weighted by Gasteiger charge is -2.40. The highest BCUT2D eigenvalue weighted by atomic mass is 32.2. The number of carbonyl (C=O) groups excluding carboxylic acids is 5. The summed E-state index contributed by atoms with van der Waals surface area (Å²) in [5, 5.41) is 4.03. The maximum Gasteiger partial charge on any atom is 0.353 e. The van der Waals surface area contributed by atoms with Gasteiger partial charge in [0.1, 0.15) is 5.01 Å². The van der Waals surface area contributed by atoms with Crippen molar-refractivity contribution in [1.29, 1.82) is 0 Å². The number of ketones is 1. The number of aromatic nitrogens is 2. The van der Waals surface area contributed by atoms with Crippen LogP contribution in [-0.4, -0.2) is 116 Å². The molecule has 0 unspecified atom stereocenters. The fourth-order valence-electron chi connectivity index (χ4n) is 4.75. The van der Waals surface area contributed by atoms with Crippen LogP contribution in [-0.2, 0) is 33.5 Å². The van der Waals surface area contributed by atoms with Gasteiger partial charge in [-0.3, -0.25) is 14.5 Å². The van der Waals surface area contributed by atoms with Crippen LogP contribution in [0.1, 0.15) is 30.1 Å². The predicted molar refractivity (Wildman–Crippen MR) is 132 cm³/mol. The van der Waals surface area contributed by atoms with Crippen LogP contribution in [0.2, 0.25) is 0 Å². The fraction of sp³-hybridized carbons (Fsp3) is 0.636. The highest BCUT2D eigenvalue weighted by Gasteiger charge is 2.66. The SMILES string of the molecule is COC(=O)C1(O/N=C(\C(=O)C[C@@H]2C(=O)N3C[C@@](C(=O)OC)(N4CCN(C)C4=O)S[C@H]23)c2nsc(C)n2)CC1. The van der Waals surface area contributed by atoms with Gasteiger partial charge in [-0.05, 0) is 18.5 Å². The predicted octanol–water partition coefficient (Wildman–Crippen LogP) is 0.0000200. The van der Waals surface area contributed by atoms with Crippen LogP contribution in [0, 0.1) is 12.8 Å². The number of hydrogen-bond donors (Lipinski definition) is 0. The zero-order valence-corrected chi connectivity index (χ0v) is 22.8. The van der Waals surface area contributed by atoms with E-state index in [-0.39, 0.29) is 36.4 Å². The second-order valence-electron chi connectivity index (χ2n) is 9.49. The first-order valence-corrected chi connectivity index (χ1v) is 13.5. The number of Topliss-reactive ketones (excluding diaryl/α,β-unsaturated/α-hetero) is 1. The second kappa shape index (κ2) is 9.48. The molecule has 204 valence electrons. The molecule has 0 radical (unpaired) electrons. The minimum absolute atomic E-state index is 0.0311. The van der Waals surface area contributed by atoms with Gasteiger partial charge in [0.25, 0.3) is 0 Å². The minimum atomic E-state index is -1.40. The smallest absolute Gasteiger partial charge is 0.353 e. The van der Waals surface area contributed by atoms with E-state index in [0.717, 1.165) is 23.3 Å². The summed E-state index contributed by atoms with van der Waals surface area (Å²) in [6.45, 7) is 2.43. The second-order valence-corrected chi connectivity index (χ2v) is 11.8. The molecule has 4 fully saturated rings. The maximum atomic E-state index is 13.4. The Morgan fingerprint density at radius 3 is 2.39 bits per heavy atom. The summed E-state index contributed by atoms with van der Waals surface area (Å²) in [5.74, 6) is -2.82. The molecule has 1 aromatic rings. The maximum absolute atomic E-state index is 13.4. The number of carbonyl (C=O) groups is 5. The van der Waals surface area contributed by atoms with Gasteiger partial charge in [0.2, 0.25) is 16.4 Å². The highest BCUT2D eigenvalue weighted by Crippen LogP contribution is 2.53. The largest absolute Gasteiger partial charge is 0.467 e. The number of β-lactam (4-membered cyclic amide) rings is 1. The van der Waals surface area contributed by atoms with Crippen molar-refractivity contribution in [2.24, 2.45) is 11.1 Å². The van der Waals surface area contributed by atoms with E-state index < -0.39 is 39.5 Å². The summed E-state index contributed by atoms with van der Waals surface area (Å²) in [4.78, 5) is 77.0. The number of fused-ring (bicyclic) bond motifs is 1. The van der Waals surface area contributed by atoms with Gasteiger partial charge in [0.15, 0.2) is 17.3 Å². The normalized spacial score (nSPS) is 27.7. The van der Waals surface area contributed by atoms with Crippen LogP contribution in [0.5, 0.6) is 0 Å².